The Balaban J connectivity index is 2.29. The van der Waals surface area contributed by atoms with Gasteiger partial charge in [0, 0.05) is 5.69 Å². The van der Waals surface area contributed by atoms with E-state index in [0.29, 0.717) is 30.2 Å². The van der Waals surface area contributed by atoms with Gasteiger partial charge in [0.25, 0.3) is 0 Å². The first-order valence-corrected chi connectivity index (χ1v) is 10.7. The van der Waals surface area contributed by atoms with E-state index in [1.807, 2.05) is 19.9 Å². The monoisotopic (exact) mass is 390 g/mol. The Bertz CT molecular complexity index is 879. The molecule has 0 aliphatic heterocycles. The van der Waals surface area contributed by atoms with Crippen molar-refractivity contribution in [2.45, 2.75) is 33.2 Å². The first-order valence-electron chi connectivity index (χ1n) is 8.86. The minimum atomic E-state index is -3.64. The molecule has 0 aliphatic carbocycles. The van der Waals surface area contributed by atoms with Gasteiger partial charge in [-0.05, 0) is 62.2 Å². The maximum absolute atomic E-state index is 12.9. The molecular formula is C20H26N2O4S. The molecule has 2 aromatic rings. The molecule has 0 fully saturated rings. The van der Waals surface area contributed by atoms with Gasteiger partial charge in [0.1, 0.15) is 11.8 Å². The highest BCUT2D eigenvalue weighted by atomic mass is 32.2. The molecule has 0 bridgehead atoms. The second kappa shape index (κ2) is 8.90. The zero-order valence-electron chi connectivity index (χ0n) is 16.1. The third kappa shape index (κ3) is 5.47. The van der Waals surface area contributed by atoms with Crippen LogP contribution in [0, 0.1) is 6.92 Å². The van der Waals surface area contributed by atoms with Gasteiger partial charge in [0.05, 0.1) is 18.6 Å². The van der Waals surface area contributed by atoms with Crippen molar-refractivity contribution in [3.63, 3.8) is 0 Å². The van der Waals surface area contributed by atoms with Crippen molar-refractivity contribution in [2.75, 3.05) is 22.5 Å². The molecule has 2 rings (SSSR count). The van der Waals surface area contributed by atoms with Gasteiger partial charge < -0.3 is 10.1 Å². The van der Waals surface area contributed by atoms with Crippen LogP contribution in [0.2, 0.25) is 0 Å². The summed E-state index contributed by atoms with van der Waals surface area (Å²) in [6.45, 7) is 6.12. The molecule has 1 amide bonds. The van der Waals surface area contributed by atoms with Crippen molar-refractivity contribution in [3.8, 4) is 5.75 Å². The number of nitrogens with one attached hydrogen (secondary N) is 1. The number of anilines is 2. The molecule has 0 radical (unpaired) electrons. The highest BCUT2D eigenvalue weighted by Gasteiger charge is 2.31. The van der Waals surface area contributed by atoms with Crippen LogP contribution in [0.1, 0.15) is 25.8 Å². The average Bonchev–Trinajstić information content (AvgIpc) is 2.60. The van der Waals surface area contributed by atoms with E-state index in [2.05, 4.69) is 5.32 Å². The molecule has 0 heterocycles. The fourth-order valence-corrected chi connectivity index (χ4v) is 4.06. The van der Waals surface area contributed by atoms with E-state index in [1.165, 1.54) is 4.31 Å². The summed E-state index contributed by atoms with van der Waals surface area (Å²) in [6, 6.07) is 13.2. The largest absolute Gasteiger partial charge is 0.494 e. The number of benzene rings is 2. The van der Waals surface area contributed by atoms with E-state index in [9.17, 15) is 13.2 Å². The molecule has 0 aliphatic rings. The van der Waals surface area contributed by atoms with Crippen LogP contribution < -0.4 is 14.4 Å². The van der Waals surface area contributed by atoms with Crippen molar-refractivity contribution in [2.24, 2.45) is 0 Å². The lowest BCUT2D eigenvalue weighted by Crippen LogP contribution is -2.47. The number of carbonyl (C=O) groups is 1. The molecule has 6 nitrogen and oxygen atoms in total. The fraction of sp³-hybridized carbons (Fsp3) is 0.350. The lowest BCUT2D eigenvalue weighted by atomic mass is 10.1. The first kappa shape index (κ1) is 20.8. The highest BCUT2D eigenvalue weighted by Crippen LogP contribution is 2.24. The molecular weight excluding hydrogens is 364 g/mol. The quantitative estimate of drug-likeness (QED) is 0.748. The third-order valence-electron chi connectivity index (χ3n) is 4.02. The number of carbonyl (C=O) groups excluding carboxylic acids is 1. The van der Waals surface area contributed by atoms with E-state index in [-0.39, 0.29) is 5.91 Å². The highest BCUT2D eigenvalue weighted by molar-refractivity contribution is 7.92. The van der Waals surface area contributed by atoms with Gasteiger partial charge in [-0.15, -0.1) is 0 Å². The predicted molar refractivity (Wildman–Crippen MR) is 109 cm³/mol. The van der Waals surface area contributed by atoms with Gasteiger partial charge >= 0.3 is 0 Å². The number of aryl methyl sites for hydroxylation is 1. The van der Waals surface area contributed by atoms with E-state index in [1.54, 1.807) is 49.4 Å². The smallest absolute Gasteiger partial charge is 0.248 e. The minimum absolute atomic E-state index is 0.337. The van der Waals surface area contributed by atoms with Crippen LogP contribution in [-0.4, -0.2) is 33.2 Å². The van der Waals surface area contributed by atoms with Crippen LogP contribution in [0.4, 0.5) is 11.4 Å². The number of rotatable bonds is 8. The molecule has 0 unspecified atom stereocenters. The van der Waals surface area contributed by atoms with Gasteiger partial charge in [-0.3, -0.25) is 9.10 Å². The lowest BCUT2D eigenvalue weighted by molar-refractivity contribution is -0.117. The Labute approximate surface area is 161 Å². The topological polar surface area (TPSA) is 75.7 Å². The van der Waals surface area contributed by atoms with Crippen molar-refractivity contribution >= 4 is 27.3 Å². The molecule has 146 valence electrons. The van der Waals surface area contributed by atoms with Crippen LogP contribution in [-0.2, 0) is 14.8 Å². The van der Waals surface area contributed by atoms with Gasteiger partial charge in [-0.2, -0.15) is 0 Å². The summed E-state index contributed by atoms with van der Waals surface area (Å²) in [7, 11) is -3.64. The zero-order chi connectivity index (χ0) is 20.0. The van der Waals surface area contributed by atoms with Crippen LogP contribution in [0.5, 0.6) is 5.75 Å². The van der Waals surface area contributed by atoms with Gasteiger partial charge in [-0.25, -0.2) is 8.42 Å². The lowest BCUT2D eigenvalue weighted by Gasteiger charge is -2.30. The summed E-state index contributed by atoms with van der Waals surface area (Å²) in [5.74, 6) is 0.327. The first-order chi connectivity index (χ1) is 12.8. The second-order valence-electron chi connectivity index (χ2n) is 6.27. The predicted octanol–water partition coefficient (Wildman–Crippen LogP) is 3.58. The molecule has 0 saturated heterocycles. The van der Waals surface area contributed by atoms with Crippen molar-refractivity contribution in [3.05, 3.63) is 54.1 Å². The van der Waals surface area contributed by atoms with Crippen molar-refractivity contribution < 1.29 is 17.9 Å². The Hall–Kier alpha value is -2.54. The van der Waals surface area contributed by atoms with Crippen LogP contribution >= 0.6 is 0 Å². The van der Waals surface area contributed by atoms with Gasteiger partial charge in [0.15, 0.2) is 0 Å². The van der Waals surface area contributed by atoms with E-state index in [0.717, 1.165) is 11.8 Å². The minimum Gasteiger partial charge on any atom is -0.494 e. The average molecular weight is 391 g/mol. The Kier molecular flexibility index (Phi) is 6.85. The molecule has 1 N–H and O–H groups in total. The molecule has 27 heavy (non-hydrogen) atoms. The summed E-state index contributed by atoms with van der Waals surface area (Å²) >= 11 is 0. The summed E-state index contributed by atoms with van der Waals surface area (Å²) in [5, 5.41) is 2.80. The molecule has 0 aromatic heterocycles. The standard InChI is InChI=1S/C20H26N2O4S/c1-5-19(20(23)21-16-10-12-18(13-11-16)26-6-2)22(27(4,24)25)17-9-7-8-15(3)14-17/h7-14,19H,5-6H2,1-4H3,(H,21,23)/t19-/m0/s1. The maximum atomic E-state index is 12.9. The Morgan fingerprint density at radius 3 is 2.33 bits per heavy atom. The number of sulfonamides is 1. The van der Waals surface area contributed by atoms with Crippen molar-refractivity contribution in [1.82, 2.24) is 0 Å². The zero-order valence-corrected chi connectivity index (χ0v) is 16.9. The molecule has 0 spiro atoms. The number of hydrogen-bond acceptors (Lipinski definition) is 4. The summed E-state index contributed by atoms with van der Waals surface area (Å²) in [6.07, 6.45) is 1.45. The third-order valence-corrected chi connectivity index (χ3v) is 5.20. The van der Waals surface area contributed by atoms with Crippen LogP contribution in [0.3, 0.4) is 0 Å². The van der Waals surface area contributed by atoms with Gasteiger partial charge in [0.2, 0.25) is 15.9 Å². The SMILES string of the molecule is CCOc1ccc(NC(=O)[C@H](CC)N(c2cccc(C)c2)S(C)(=O)=O)cc1. The van der Waals surface area contributed by atoms with Crippen LogP contribution in [0.15, 0.2) is 48.5 Å². The van der Waals surface area contributed by atoms with Crippen molar-refractivity contribution in [1.29, 1.82) is 0 Å². The number of amides is 1. The molecule has 0 saturated carbocycles. The normalized spacial score (nSPS) is 12.3. The molecule has 7 heteroatoms. The number of ether oxygens (including phenoxy) is 1. The molecule has 1 atom stereocenters. The fourth-order valence-electron chi connectivity index (χ4n) is 2.85. The number of nitrogens with zero attached hydrogens (tertiary/aromatic N) is 1. The Morgan fingerprint density at radius 1 is 1.15 bits per heavy atom. The summed E-state index contributed by atoms with van der Waals surface area (Å²) in [5.41, 5.74) is 1.98. The van der Waals surface area contributed by atoms with Crippen LogP contribution in [0.25, 0.3) is 0 Å². The molecule has 2 aromatic carbocycles. The van der Waals surface area contributed by atoms with Gasteiger partial charge in [-0.1, -0.05) is 19.1 Å². The second-order valence-corrected chi connectivity index (χ2v) is 8.13. The van der Waals surface area contributed by atoms with E-state index in [4.69, 9.17) is 4.74 Å². The number of hydrogen-bond donors (Lipinski definition) is 1. The van der Waals surface area contributed by atoms with E-state index < -0.39 is 16.1 Å². The summed E-state index contributed by atoms with van der Waals surface area (Å²) in [4.78, 5) is 12.9. The Morgan fingerprint density at radius 2 is 1.81 bits per heavy atom. The maximum Gasteiger partial charge on any atom is 0.248 e. The summed E-state index contributed by atoms with van der Waals surface area (Å²) < 4.78 is 31.5. The van der Waals surface area contributed by atoms with E-state index >= 15 is 0 Å².